The Morgan fingerprint density at radius 2 is 1.64 bits per heavy atom. The lowest BCUT2D eigenvalue weighted by Gasteiger charge is -2.21. The van der Waals surface area contributed by atoms with Gasteiger partial charge < -0.3 is 15.4 Å². The molecule has 2 rings (SSSR count). The summed E-state index contributed by atoms with van der Waals surface area (Å²) in [5.74, 6) is -1.37. The number of esters is 1. The molecule has 0 aliphatic carbocycles. The van der Waals surface area contributed by atoms with Crippen molar-refractivity contribution in [2.75, 3.05) is 19.0 Å². The van der Waals surface area contributed by atoms with Gasteiger partial charge in [0.2, 0.25) is 0 Å². The number of amides is 2. The fourth-order valence-electron chi connectivity index (χ4n) is 2.87. The number of rotatable bonds is 8. The zero-order chi connectivity index (χ0) is 20.5. The largest absolute Gasteiger partial charge is 0.455 e. The van der Waals surface area contributed by atoms with E-state index in [1.165, 1.54) is 0 Å². The molecule has 28 heavy (non-hydrogen) atoms. The van der Waals surface area contributed by atoms with Gasteiger partial charge in [0.05, 0.1) is 5.92 Å². The van der Waals surface area contributed by atoms with Crippen molar-refractivity contribution < 1.29 is 19.1 Å². The molecule has 0 fully saturated rings. The van der Waals surface area contributed by atoms with Crippen molar-refractivity contribution >= 4 is 23.5 Å². The van der Waals surface area contributed by atoms with Crippen LogP contribution in [0.1, 0.15) is 42.1 Å². The summed E-state index contributed by atoms with van der Waals surface area (Å²) in [6.45, 7) is 3.64. The highest BCUT2D eigenvalue weighted by Crippen LogP contribution is 2.28. The molecule has 0 aromatic heterocycles. The van der Waals surface area contributed by atoms with Crippen LogP contribution in [0.2, 0.25) is 0 Å². The molecule has 0 saturated carbocycles. The average molecular weight is 382 g/mol. The molecule has 0 spiro atoms. The van der Waals surface area contributed by atoms with Crippen LogP contribution in [0.15, 0.2) is 54.6 Å². The lowest BCUT2D eigenvalue weighted by Crippen LogP contribution is -2.27. The number of carbonyl (C=O) groups is 3. The van der Waals surface area contributed by atoms with E-state index in [1.54, 1.807) is 31.3 Å². The molecule has 2 aromatic carbocycles. The molecule has 0 heterocycles. The van der Waals surface area contributed by atoms with Crippen LogP contribution < -0.4 is 10.6 Å². The Morgan fingerprint density at radius 1 is 1.00 bits per heavy atom. The molecule has 0 aliphatic heterocycles. The summed E-state index contributed by atoms with van der Waals surface area (Å²) in [6.07, 6.45) is 0.818. The smallest absolute Gasteiger partial charge is 0.314 e. The molecule has 2 N–H and O–H groups in total. The SMILES string of the molecule is CC[C@H](C)[C@H](C(=O)OCC(=O)Nc1ccc(C(=O)NC)cc1)c1ccccc1. The monoisotopic (exact) mass is 382 g/mol. The van der Waals surface area contributed by atoms with Crippen LogP contribution in [-0.4, -0.2) is 31.4 Å². The first-order chi connectivity index (χ1) is 13.5. The van der Waals surface area contributed by atoms with E-state index in [-0.39, 0.29) is 18.4 Å². The lowest BCUT2D eigenvalue weighted by atomic mass is 9.86. The molecule has 6 nitrogen and oxygen atoms in total. The van der Waals surface area contributed by atoms with Crippen LogP contribution in [-0.2, 0) is 14.3 Å². The summed E-state index contributed by atoms with van der Waals surface area (Å²) in [6, 6.07) is 15.9. The van der Waals surface area contributed by atoms with Crippen LogP contribution in [0.3, 0.4) is 0 Å². The van der Waals surface area contributed by atoms with Crippen LogP contribution in [0.4, 0.5) is 5.69 Å². The maximum atomic E-state index is 12.6. The van der Waals surface area contributed by atoms with E-state index in [4.69, 9.17) is 4.74 Å². The summed E-state index contributed by atoms with van der Waals surface area (Å²) < 4.78 is 5.28. The average Bonchev–Trinajstić information content (AvgIpc) is 2.73. The fraction of sp³-hybridized carbons (Fsp3) is 0.318. The molecule has 2 atom stereocenters. The van der Waals surface area contributed by atoms with Crippen LogP contribution in [0.25, 0.3) is 0 Å². The zero-order valence-corrected chi connectivity index (χ0v) is 16.4. The van der Waals surface area contributed by atoms with Crippen molar-refractivity contribution in [1.29, 1.82) is 0 Å². The topological polar surface area (TPSA) is 84.5 Å². The third-order valence-electron chi connectivity index (χ3n) is 4.63. The minimum Gasteiger partial charge on any atom is -0.455 e. The number of ether oxygens (including phenoxy) is 1. The highest BCUT2D eigenvalue weighted by molar-refractivity contribution is 5.96. The molecule has 6 heteroatoms. The van der Waals surface area contributed by atoms with Crippen molar-refractivity contribution in [3.8, 4) is 0 Å². The molecule has 0 radical (unpaired) electrons. The second-order valence-corrected chi connectivity index (χ2v) is 6.59. The Hall–Kier alpha value is -3.15. The first kappa shape index (κ1) is 21.2. The minimum absolute atomic E-state index is 0.0928. The van der Waals surface area contributed by atoms with Crippen LogP contribution in [0, 0.1) is 5.92 Å². The summed E-state index contributed by atoms with van der Waals surface area (Å²) in [4.78, 5) is 36.3. The Morgan fingerprint density at radius 3 is 2.21 bits per heavy atom. The summed E-state index contributed by atoms with van der Waals surface area (Å²) in [5.41, 5.74) is 1.90. The van der Waals surface area contributed by atoms with E-state index in [2.05, 4.69) is 10.6 Å². The predicted octanol–water partition coefficient (Wildman–Crippen LogP) is 3.36. The number of carbonyl (C=O) groups excluding carboxylic acids is 3. The van der Waals surface area contributed by atoms with E-state index in [0.717, 1.165) is 12.0 Å². The maximum Gasteiger partial charge on any atom is 0.314 e. The zero-order valence-electron chi connectivity index (χ0n) is 16.4. The van der Waals surface area contributed by atoms with Crippen molar-refractivity contribution in [1.82, 2.24) is 5.32 Å². The Labute approximate surface area is 165 Å². The van der Waals surface area contributed by atoms with Gasteiger partial charge in [-0.25, -0.2) is 0 Å². The molecule has 148 valence electrons. The Balaban J connectivity index is 1.95. The lowest BCUT2D eigenvalue weighted by molar-refractivity contribution is -0.150. The predicted molar refractivity (Wildman–Crippen MR) is 108 cm³/mol. The normalized spacial score (nSPS) is 12.5. The number of nitrogens with one attached hydrogen (secondary N) is 2. The second kappa shape index (κ2) is 10.3. The Kier molecular flexibility index (Phi) is 7.75. The quantitative estimate of drug-likeness (QED) is 0.686. The third kappa shape index (κ3) is 5.67. The van der Waals surface area contributed by atoms with Crippen LogP contribution in [0.5, 0.6) is 0 Å². The minimum atomic E-state index is -0.433. The number of anilines is 1. The van der Waals surface area contributed by atoms with Gasteiger partial charge in [-0.05, 0) is 35.7 Å². The van der Waals surface area contributed by atoms with Crippen molar-refractivity contribution in [3.63, 3.8) is 0 Å². The highest BCUT2D eigenvalue weighted by atomic mass is 16.5. The van der Waals surface area contributed by atoms with Crippen LogP contribution >= 0.6 is 0 Å². The number of benzene rings is 2. The van der Waals surface area contributed by atoms with Crippen molar-refractivity contribution in [2.45, 2.75) is 26.2 Å². The molecule has 0 saturated heterocycles. The van der Waals surface area contributed by atoms with Gasteiger partial charge in [0.25, 0.3) is 11.8 Å². The van der Waals surface area contributed by atoms with E-state index in [9.17, 15) is 14.4 Å². The van der Waals surface area contributed by atoms with Gasteiger partial charge in [0.1, 0.15) is 0 Å². The molecule has 2 aromatic rings. The standard InChI is InChI=1S/C22H26N2O4/c1-4-15(2)20(16-8-6-5-7-9-16)22(27)28-14-19(25)24-18-12-10-17(11-13-18)21(26)23-3/h5-13,15,20H,4,14H2,1-3H3,(H,23,26)(H,24,25)/t15-,20-/m0/s1. The second-order valence-electron chi connectivity index (χ2n) is 6.59. The molecule has 0 unspecified atom stereocenters. The molecular weight excluding hydrogens is 356 g/mol. The van der Waals surface area contributed by atoms with E-state index >= 15 is 0 Å². The first-order valence-electron chi connectivity index (χ1n) is 9.29. The first-order valence-corrected chi connectivity index (χ1v) is 9.29. The van der Waals surface area contributed by atoms with Gasteiger partial charge in [0, 0.05) is 18.3 Å². The fourth-order valence-corrected chi connectivity index (χ4v) is 2.87. The van der Waals surface area contributed by atoms with Gasteiger partial charge in [-0.15, -0.1) is 0 Å². The van der Waals surface area contributed by atoms with E-state index in [1.807, 2.05) is 44.2 Å². The van der Waals surface area contributed by atoms with E-state index < -0.39 is 17.8 Å². The van der Waals surface area contributed by atoms with Gasteiger partial charge >= 0.3 is 5.97 Å². The van der Waals surface area contributed by atoms with E-state index in [0.29, 0.717) is 11.3 Å². The Bertz CT molecular complexity index is 803. The maximum absolute atomic E-state index is 12.6. The van der Waals surface area contributed by atoms with Crippen molar-refractivity contribution in [2.24, 2.45) is 5.92 Å². The molecular formula is C22H26N2O4. The van der Waals surface area contributed by atoms with Gasteiger partial charge in [-0.3, -0.25) is 14.4 Å². The summed E-state index contributed by atoms with van der Waals surface area (Å²) in [5, 5.41) is 5.18. The van der Waals surface area contributed by atoms with Gasteiger partial charge in [-0.2, -0.15) is 0 Å². The van der Waals surface area contributed by atoms with Crippen molar-refractivity contribution in [3.05, 3.63) is 65.7 Å². The molecule has 0 aliphatic rings. The van der Waals surface area contributed by atoms with Gasteiger partial charge in [-0.1, -0.05) is 50.6 Å². The highest BCUT2D eigenvalue weighted by Gasteiger charge is 2.27. The number of hydrogen-bond acceptors (Lipinski definition) is 4. The third-order valence-corrected chi connectivity index (χ3v) is 4.63. The summed E-state index contributed by atoms with van der Waals surface area (Å²) >= 11 is 0. The number of hydrogen-bond donors (Lipinski definition) is 2. The molecule has 0 bridgehead atoms. The molecule has 2 amide bonds. The summed E-state index contributed by atoms with van der Waals surface area (Å²) in [7, 11) is 1.55. The van der Waals surface area contributed by atoms with Gasteiger partial charge in [0.15, 0.2) is 6.61 Å².